The predicted octanol–water partition coefficient (Wildman–Crippen LogP) is 0.801. The summed E-state index contributed by atoms with van der Waals surface area (Å²) in [4.78, 5) is 12.7. The number of carboxylic acids is 1. The van der Waals surface area contributed by atoms with Gasteiger partial charge in [0.05, 0.1) is 5.92 Å². The third-order valence-corrected chi connectivity index (χ3v) is 2.62. The number of hydrogen-bond donors (Lipinski definition) is 1. The van der Waals surface area contributed by atoms with Gasteiger partial charge < -0.3 is 10.0 Å². The zero-order valence-electron chi connectivity index (χ0n) is 7.29. The van der Waals surface area contributed by atoms with Crippen molar-refractivity contribution in [1.82, 2.24) is 4.90 Å². The first-order chi connectivity index (χ1) is 4.93. The average molecular weight is 157 g/mol. The molecule has 0 aromatic rings. The molecule has 1 N–H and O–H groups in total. The van der Waals surface area contributed by atoms with Gasteiger partial charge in [-0.05, 0) is 27.3 Å². The van der Waals surface area contributed by atoms with Crippen LogP contribution in [0.3, 0.4) is 0 Å². The quantitative estimate of drug-likeness (QED) is 0.612. The minimum Gasteiger partial charge on any atom is -0.481 e. The average Bonchev–Trinajstić information content (AvgIpc) is 2.08. The lowest BCUT2D eigenvalue weighted by atomic mass is 9.97. The normalized spacial score (nSPS) is 30.6. The van der Waals surface area contributed by atoms with E-state index in [9.17, 15) is 4.79 Å². The van der Waals surface area contributed by atoms with Crippen molar-refractivity contribution in [3.63, 3.8) is 0 Å². The van der Waals surface area contributed by atoms with E-state index in [0.717, 1.165) is 6.42 Å². The lowest BCUT2D eigenvalue weighted by molar-refractivity contribution is -0.141. The smallest absolute Gasteiger partial charge is 0.307 e. The van der Waals surface area contributed by atoms with E-state index >= 15 is 0 Å². The van der Waals surface area contributed by atoms with Crippen LogP contribution in [0.2, 0.25) is 0 Å². The van der Waals surface area contributed by atoms with Crippen LogP contribution in [0.25, 0.3) is 0 Å². The highest BCUT2D eigenvalue weighted by Crippen LogP contribution is 2.30. The van der Waals surface area contributed by atoms with Crippen molar-refractivity contribution in [2.45, 2.75) is 25.8 Å². The summed E-state index contributed by atoms with van der Waals surface area (Å²) in [6.45, 7) is 4.84. The Morgan fingerprint density at radius 1 is 1.64 bits per heavy atom. The third kappa shape index (κ3) is 1.53. The van der Waals surface area contributed by atoms with Crippen molar-refractivity contribution in [2.24, 2.45) is 5.92 Å². The van der Waals surface area contributed by atoms with Gasteiger partial charge in [0.15, 0.2) is 0 Å². The molecule has 1 rings (SSSR count). The fourth-order valence-electron chi connectivity index (χ4n) is 1.57. The monoisotopic (exact) mass is 157 g/mol. The zero-order valence-corrected chi connectivity index (χ0v) is 7.29. The molecule has 1 aliphatic rings. The van der Waals surface area contributed by atoms with Gasteiger partial charge >= 0.3 is 5.97 Å². The molecule has 1 aliphatic heterocycles. The molecule has 0 saturated carbocycles. The third-order valence-electron chi connectivity index (χ3n) is 2.62. The molecule has 1 atom stereocenters. The number of carbonyl (C=O) groups is 1. The number of rotatable bonds is 1. The summed E-state index contributed by atoms with van der Waals surface area (Å²) in [7, 11) is 1.98. The van der Waals surface area contributed by atoms with Crippen molar-refractivity contribution in [2.75, 3.05) is 13.6 Å². The highest BCUT2D eigenvalue weighted by Gasteiger charge is 2.39. The predicted molar refractivity (Wildman–Crippen MR) is 42.5 cm³/mol. The molecule has 0 spiro atoms. The Kier molecular flexibility index (Phi) is 1.92. The first-order valence-corrected chi connectivity index (χ1v) is 3.87. The lowest BCUT2D eigenvalue weighted by Gasteiger charge is -2.26. The van der Waals surface area contributed by atoms with Crippen LogP contribution in [0.5, 0.6) is 0 Å². The largest absolute Gasteiger partial charge is 0.481 e. The Labute approximate surface area is 67.0 Å². The van der Waals surface area contributed by atoms with Crippen LogP contribution in [-0.4, -0.2) is 35.1 Å². The van der Waals surface area contributed by atoms with E-state index in [0.29, 0.717) is 6.54 Å². The van der Waals surface area contributed by atoms with Crippen LogP contribution < -0.4 is 0 Å². The van der Waals surface area contributed by atoms with Crippen LogP contribution in [0, 0.1) is 5.92 Å². The van der Waals surface area contributed by atoms with Gasteiger partial charge in [-0.2, -0.15) is 0 Å². The molecule has 0 aliphatic carbocycles. The van der Waals surface area contributed by atoms with Crippen molar-refractivity contribution in [1.29, 1.82) is 0 Å². The van der Waals surface area contributed by atoms with Gasteiger partial charge in [-0.15, -0.1) is 0 Å². The molecule has 0 bridgehead atoms. The highest BCUT2D eigenvalue weighted by atomic mass is 16.4. The number of nitrogens with zero attached hydrogens (tertiary/aromatic N) is 1. The topological polar surface area (TPSA) is 40.5 Å². The number of likely N-dealkylation sites (tertiary alicyclic amines) is 1. The lowest BCUT2D eigenvalue weighted by Crippen LogP contribution is -2.34. The first kappa shape index (κ1) is 8.53. The Morgan fingerprint density at radius 3 is 2.36 bits per heavy atom. The standard InChI is InChI=1S/C8H15NO2/c1-8(2)4-6(7(10)11)5-9(8)3/h6H,4-5H2,1-3H3,(H,10,11). The van der Waals surface area contributed by atoms with E-state index in [4.69, 9.17) is 5.11 Å². The summed E-state index contributed by atoms with van der Waals surface area (Å²) in [5.74, 6) is -0.836. The van der Waals surface area contributed by atoms with Gasteiger partial charge in [-0.1, -0.05) is 0 Å². The summed E-state index contributed by atoms with van der Waals surface area (Å²) >= 11 is 0. The van der Waals surface area contributed by atoms with E-state index in [2.05, 4.69) is 18.7 Å². The summed E-state index contributed by atoms with van der Waals surface area (Å²) in [5, 5.41) is 8.74. The zero-order chi connectivity index (χ0) is 8.65. The van der Waals surface area contributed by atoms with Gasteiger partial charge in [-0.3, -0.25) is 4.79 Å². The van der Waals surface area contributed by atoms with Gasteiger partial charge in [0.1, 0.15) is 0 Å². The van der Waals surface area contributed by atoms with E-state index < -0.39 is 5.97 Å². The fraction of sp³-hybridized carbons (Fsp3) is 0.875. The molecule has 3 heteroatoms. The molecule has 0 aromatic carbocycles. The van der Waals surface area contributed by atoms with E-state index in [1.165, 1.54) is 0 Å². The molecule has 64 valence electrons. The van der Waals surface area contributed by atoms with Gasteiger partial charge in [0.2, 0.25) is 0 Å². The number of hydrogen-bond acceptors (Lipinski definition) is 2. The molecule has 0 radical (unpaired) electrons. The Hall–Kier alpha value is -0.570. The van der Waals surface area contributed by atoms with E-state index in [-0.39, 0.29) is 11.5 Å². The highest BCUT2D eigenvalue weighted by molar-refractivity contribution is 5.70. The molecule has 1 fully saturated rings. The molecule has 0 aromatic heterocycles. The van der Waals surface area contributed by atoms with E-state index in [1.54, 1.807) is 0 Å². The van der Waals surface area contributed by atoms with Crippen LogP contribution in [0.15, 0.2) is 0 Å². The maximum absolute atomic E-state index is 10.6. The Morgan fingerprint density at radius 2 is 2.18 bits per heavy atom. The van der Waals surface area contributed by atoms with Gasteiger partial charge in [0, 0.05) is 12.1 Å². The molecule has 1 heterocycles. The summed E-state index contributed by atoms with van der Waals surface area (Å²) in [5.41, 5.74) is 0.0586. The number of aliphatic carboxylic acids is 1. The molecule has 11 heavy (non-hydrogen) atoms. The Bertz CT molecular complexity index is 177. The second kappa shape index (κ2) is 2.48. The van der Waals surface area contributed by atoms with Crippen LogP contribution in [-0.2, 0) is 4.79 Å². The molecular weight excluding hydrogens is 142 g/mol. The summed E-state index contributed by atoms with van der Waals surface area (Å²) in [6.07, 6.45) is 0.763. The van der Waals surface area contributed by atoms with Crippen LogP contribution in [0.4, 0.5) is 0 Å². The minimum absolute atomic E-state index is 0.0586. The molecule has 1 saturated heterocycles. The van der Waals surface area contributed by atoms with Crippen molar-refractivity contribution in [3.05, 3.63) is 0 Å². The second-order valence-electron chi connectivity index (χ2n) is 3.93. The van der Waals surface area contributed by atoms with Gasteiger partial charge in [0.25, 0.3) is 0 Å². The van der Waals surface area contributed by atoms with Crippen molar-refractivity contribution in [3.8, 4) is 0 Å². The molecule has 3 nitrogen and oxygen atoms in total. The minimum atomic E-state index is -0.664. The van der Waals surface area contributed by atoms with Crippen LogP contribution in [0.1, 0.15) is 20.3 Å². The molecular formula is C8H15NO2. The fourth-order valence-corrected chi connectivity index (χ4v) is 1.57. The number of carboxylic acid groups (broad SMARTS) is 1. The maximum Gasteiger partial charge on any atom is 0.307 e. The van der Waals surface area contributed by atoms with E-state index in [1.807, 2.05) is 7.05 Å². The maximum atomic E-state index is 10.6. The summed E-state index contributed by atoms with van der Waals surface area (Å²) in [6, 6.07) is 0. The summed E-state index contributed by atoms with van der Waals surface area (Å²) < 4.78 is 0. The molecule has 1 unspecified atom stereocenters. The van der Waals surface area contributed by atoms with Crippen molar-refractivity contribution >= 4 is 5.97 Å². The first-order valence-electron chi connectivity index (χ1n) is 3.87. The van der Waals surface area contributed by atoms with Crippen LogP contribution >= 0.6 is 0 Å². The SMILES string of the molecule is CN1CC(C(=O)O)CC1(C)C. The van der Waals surface area contributed by atoms with Gasteiger partial charge in [-0.25, -0.2) is 0 Å². The van der Waals surface area contributed by atoms with Crippen molar-refractivity contribution < 1.29 is 9.90 Å². The molecule has 0 amide bonds. The Balaban J connectivity index is 2.64. The second-order valence-corrected chi connectivity index (χ2v) is 3.93.